The lowest BCUT2D eigenvalue weighted by Gasteiger charge is -2.11. The summed E-state index contributed by atoms with van der Waals surface area (Å²) in [4.78, 5) is 12.5. The van der Waals surface area contributed by atoms with E-state index in [1.807, 2.05) is 54.8 Å². The molecule has 2 aromatic rings. The first-order valence-corrected chi connectivity index (χ1v) is 9.05. The Morgan fingerprint density at radius 3 is 2.52 bits per heavy atom. The Kier molecular flexibility index (Phi) is 3.85. The first-order valence-electron chi connectivity index (χ1n) is 7.33. The van der Waals surface area contributed by atoms with E-state index in [1.165, 1.54) is 6.08 Å². The van der Waals surface area contributed by atoms with Gasteiger partial charge in [-0.25, -0.2) is 8.42 Å². The van der Waals surface area contributed by atoms with E-state index in [4.69, 9.17) is 0 Å². The van der Waals surface area contributed by atoms with Crippen LogP contribution in [0.3, 0.4) is 0 Å². The predicted octanol–water partition coefficient (Wildman–Crippen LogP) is 2.13. The lowest BCUT2D eigenvalue weighted by Crippen LogP contribution is -2.35. The molecule has 0 spiro atoms. The van der Waals surface area contributed by atoms with Crippen LogP contribution in [-0.4, -0.2) is 30.7 Å². The molecular weight excluding hydrogens is 312 g/mol. The molecule has 0 radical (unpaired) electrons. The molecule has 0 saturated heterocycles. The number of amides is 1. The van der Waals surface area contributed by atoms with Gasteiger partial charge < -0.3 is 9.88 Å². The second-order valence-electron chi connectivity index (χ2n) is 5.69. The minimum absolute atomic E-state index is 0.0733. The molecule has 1 aromatic carbocycles. The van der Waals surface area contributed by atoms with Crippen LogP contribution in [0.2, 0.25) is 0 Å². The number of hydrogen-bond acceptors (Lipinski definition) is 3. The van der Waals surface area contributed by atoms with Gasteiger partial charge in [-0.1, -0.05) is 18.2 Å². The summed E-state index contributed by atoms with van der Waals surface area (Å²) in [6.07, 6.45) is 1.52. The normalized spacial score (nSPS) is 19.0. The number of aryl methyl sites for hydroxylation is 1. The quantitative estimate of drug-likeness (QED) is 0.937. The smallest absolute Gasteiger partial charge is 0.253 e. The molecule has 1 aromatic heterocycles. The molecule has 0 saturated carbocycles. The van der Waals surface area contributed by atoms with Crippen molar-refractivity contribution >= 4 is 15.7 Å². The molecule has 1 N–H and O–H groups in total. The molecular formula is C17H18N2O3S. The maximum Gasteiger partial charge on any atom is 0.253 e. The van der Waals surface area contributed by atoms with Gasteiger partial charge in [0.1, 0.15) is 0 Å². The first kappa shape index (κ1) is 15.6. The molecule has 23 heavy (non-hydrogen) atoms. The number of nitrogens with one attached hydrogen (secondary N) is 1. The van der Waals surface area contributed by atoms with Crippen molar-refractivity contribution in [3.63, 3.8) is 0 Å². The van der Waals surface area contributed by atoms with E-state index in [1.54, 1.807) is 0 Å². The van der Waals surface area contributed by atoms with Gasteiger partial charge in [0.25, 0.3) is 5.91 Å². The molecule has 2 heterocycles. The maximum atomic E-state index is 12.5. The summed E-state index contributed by atoms with van der Waals surface area (Å²) in [5.74, 6) is -0.331. The van der Waals surface area contributed by atoms with Gasteiger partial charge in [0.15, 0.2) is 9.84 Å². The predicted molar refractivity (Wildman–Crippen MR) is 89.4 cm³/mol. The highest BCUT2D eigenvalue weighted by Crippen LogP contribution is 2.21. The Hall–Kier alpha value is -2.34. The molecule has 0 bridgehead atoms. The van der Waals surface area contributed by atoms with Gasteiger partial charge >= 0.3 is 0 Å². The van der Waals surface area contributed by atoms with Crippen molar-refractivity contribution in [2.75, 3.05) is 5.75 Å². The van der Waals surface area contributed by atoms with E-state index >= 15 is 0 Å². The fourth-order valence-electron chi connectivity index (χ4n) is 2.88. The van der Waals surface area contributed by atoms with Gasteiger partial charge in [-0.05, 0) is 38.1 Å². The van der Waals surface area contributed by atoms with Crippen molar-refractivity contribution < 1.29 is 13.2 Å². The number of carbonyl (C=O) groups is 1. The standard InChI is InChI=1S/C17H18N2O3S/c1-12-10-16(13(2)19(12)15-6-4-3-5-7-15)17(20)18-14-8-9-23(21,22)11-14/h3-10,14H,11H2,1-2H3,(H,18,20)/t14-/m1/s1. The van der Waals surface area contributed by atoms with Crippen molar-refractivity contribution in [3.05, 3.63) is 64.8 Å². The van der Waals surface area contributed by atoms with Gasteiger partial charge in [-0.15, -0.1) is 0 Å². The number of nitrogens with zero attached hydrogens (tertiary/aromatic N) is 1. The number of hydrogen-bond donors (Lipinski definition) is 1. The minimum Gasteiger partial charge on any atom is -0.345 e. The minimum atomic E-state index is -3.18. The fourth-order valence-corrected chi connectivity index (χ4v) is 4.11. The summed E-state index contributed by atoms with van der Waals surface area (Å²) in [5.41, 5.74) is 3.33. The van der Waals surface area contributed by atoms with Crippen LogP contribution in [0.15, 0.2) is 47.9 Å². The summed E-state index contributed by atoms with van der Waals surface area (Å²) < 4.78 is 24.9. The molecule has 120 valence electrons. The number of rotatable bonds is 3. The Morgan fingerprint density at radius 1 is 1.22 bits per heavy atom. The van der Waals surface area contributed by atoms with Gasteiger partial charge in [-0.2, -0.15) is 0 Å². The third kappa shape index (κ3) is 3.07. The Labute approximate surface area is 135 Å². The Bertz CT molecular complexity index is 880. The van der Waals surface area contributed by atoms with Crippen LogP contribution >= 0.6 is 0 Å². The summed E-state index contributed by atoms with van der Waals surface area (Å²) in [5, 5.41) is 3.92. The summed E-state index contributed by atoms with van der Waals surface area (Å²) >= 11 is 0. The second-order valence-corrected chi connectivity index (χ2v) is 7.62. The topological polar surface area (TPSA) is 68.2 Å². The van der Waals surface area contributed by atoms with Crippen molar-refractivity contribution in [3.8, 4) is 5.69 Å². The highest BCUT2D eigenvalue weighted by molar-refractivity contribution is 7.94. The van der Waals surface area contributed by atoms with Crippen LogP contribution in [-0.2, 0) is 9.84 Å². The van der Waals surface area contributed by atoms with Gasteiger partial charge in [0.2, 0.25) is 0 Å². The molecule has 0 unspecified atom stereocenters. The van der Waals surface area contributed by atoms with Crippen molar-refractivity contribution in [1.29, 1.82) is 0 Å². The molecule has 0 aliphatic carbocycles. The van der Waals surface area contributed by atoms with Crippen LogP contribution in [0.4, 0.5) is 0 Å². The van der Waals surface area contributed by atoms with E-state index in [-0.39, 0.29) is 11.7 Å². The number of aromatic nitrogens is 1. The molecule has 1 amide bonds. The van der Waals surface area contributed by atoms with Gasteiger partial charge in [-0.3, -0.25) is 4.79 Å². The van der Waals surface area contributed by atoms with Crippen molar-refractivity contribution in [1.82, 2.24) is 9.88 Å². The van der Waals surface area contributed by atoms with E-state index in [0.29, 0.717) is 5.56 Å². The fraction of sp³-hybridized carbons (Fsp3) is 0.235. The van der Waals surface area contributed by atoms with E-state index in [9.17, 15) is 13.2 Å². The molecule has 6 heteroatoms. The number of sulfone groups is 1. The Balaban J connectivity index is 1.87. The van der Waals surface area contributed by atoms with Crippen molar-refractivity contribution in [2.45, 2.75) is 19.9 Å². The molecule has 1 aliphatic rings. The monoisotopic (exact) mass is 330 g/mol. The zero-order valence-corrected chi connectivity index (χ0v) is 13.8. The SMILES string of the molecule is Cc1cc(C(=O)N[C@@H]2C=CS(=O)(=O)C2)c(C)n1-c1ccccc1. The van der Waals surface area contributed by atoms with Crippen LogP contribution in [0.5, 0.6) is 0 Å². The lowest BCUT2D eigenvalue weighted by molar-refractivity contribution is 0.0947. The van der Waals surface area contributed by atoms with Crippen molar-refractivity contribution in [2.24, 2.45) is 0 Å². The molecule has 3 rings (SSSR count). The van der Waals surface area contributed by atoms with Crippen LogP contribution in [0.1, 0.15) is 21.7 Å². The number of benzene rings is 1. The summed E-state index contributed by atoms with van der Waals surface area (Å²) in [6, 6.07) is 11.2. The Morgan fingerprint density at radius 2 is 1.91 bits per heavy atom. The molecule has 1 aliphatic heterocycles. The van der Waals surface area contributed by atoms with Crippen LogP contribution < -0.4 is 5.32 Å². The molecule has 1 atom stereocenters. The van der Waals surface area contributed by atoms with Gasteiger partial charge in [0.05, 0.1) is 17.4 Å². The maximum absolute atomic E-state index is 12.5. The lowest BCUT2D eigenvalue weighted by atomic mass is 10.2. The zero-order chi connectivity index (χ0) is 16.6. The second kappa shape index (κ2) is 5.70. The average Bonchev–Trinajstić information content (AvgIpc) is 2.99. The third-order valence-electron chi connectivity index (χ3n) is 3.94. The third-order valence-corrected chi connectivity index (χ3v) is 5.33. The molecule has 0 fully saturated rings. The summed E-state index contributed by atoms with van der Waals surface area (Å²) in [7, 11) is -3.18. The zero-order valence-electron chi connectivity index (χ0n) is 13.0. The summed E-state index contributed by atoms with van der Waals surface area (Å²) in [6.45, 7) is 3.83. The van der Waals surface area contributed by atoms with Gasteiger partial charge in [0, 0.05) is 22.5 Å². The number of carbonyl (C=O) groups excluding carboxylic acids is 1. The van der Waals surface area contributed by atoms with Crippen LogP contribution in [0, 0.1) is 13.8 Å². The van der Waals surface area contributed by atoms with Crippen LogP contribution in [0.25, 0.3) is 5.69 Å². The number of para-hydroxylation sites is 1. The largest absolute Gasteiger partial charge is 0.345 e. The highest BCUT2D eigenvalue weighted by atomic mass is 32.2. The first-order chi connectivity index (χ1) is 10.9. The van der Waals surface area contributed by atoms with E-state index < -0.39 is 15.9 Å². The average molecular weight is 330 g/mol. The highest BCUT2D eigenvalue weighted by Gasteiger charge is 2.25. The van der Waals surface area contributed by atoms with E-state index in [0.717, 1.165) is 22.5 Å². The molecule has 5 nitrogen and oxygen atoms in total. The van der Waals surface area contributed by atoms with E-state index in [2.05, 4.69) is 5.32 Å².